The first-order valence-corrected chi connectivity index (χ1v) is 22.4. The van der Waals surface area contributed by atoms with Crippen molar-refractivity contribution in [3.8, 4) is 5.75 Å². The molecule has 4 aromatic heterocycles. The minimum absolute atomic E-state index is 0.0959. The van der Waals surface area contributed by atoms with Crippen LogP contribution in [0.15, 0.2) is 65.8 Å². The average Bonchev–Trinajstić information content (AvgIpc) is 4.07. The first-order chi connectivity index (χ1) is 32.4. The summed E-state index contributed by atoms with van der Waals surface area (Å²) in [7, 11) is 0. The van der Waals surface area contributed by atoms with Gasteiger partial charge in [-0.15, -0.1) is 0 Å². The topological polar surface area (TPSA) is 236 Å². The lowest BCUT2D eigenvalue weighted by molar-refractivity contribution is -0.190. The zero-order valence-electron chi connectivity index (χ0n) is 38.4. The van der Waals surface area contributed by atoms with E-state index >= 15 is 0 Å². The molecule has 1 spiro atoms. The van der Waals surface area contributed by atoms with Crippen LogP contribution in [0.4, 0.5) is 11.9 Å². The Morgan fingerprint density at radius 3 is 2.18 bits per heavy atom. The number of nitrogens with two attached hydrogens (primary N) is 1. The summed E-state index contributed by atoms with van der Waals surface area (Å²) in [5.41, 5.74) is 10.2. The molecule has 2 saturated heterocycles. The van der Waals surface area contributed by atoms with Crippen LogP contribution >= 0.6 is 0 Å². The standard InChI is InChI=1S/C46H56N14O7/c1-6-48-67-26-39(61)56-20-22-66-46(29-56)27-55(28-46)17-12-21-65-38-14-11-13-33-40(38)58(45(49-33)52-43(64)37-24-31(5)54-60(37)8-3)19-10-9-18-57-35-16-15-32(41(47)62)25-34(35)50-44(57)51-42(63)36-23-30(4)53-59(36)7-2/h6,9-11,13-16,23-25H,7-8,12,17-22,26-29H2,1-5H3,(H2,47,62)(H,49,52,64)(H,50,51,63)/b10-9+,48-6-. The number of carbonyl (C=O) groups is 4. The van der Waals surface area contributed by atoms with Crippen molar-refractivity contribution in [2.45, 2.75) is 72.8 Å². The van der Waals surface area contributed by atoms with E-state index in [4.69, 9.17) is 30.0 Å². The number of carbonyl (C=O) groups excluding carboxylic acids is 4. The van der Waals surface area contributed by atoms with Crippen LogP contribution in [0.2, 0.25) is 0 Å². The van der Waals surface area contributed by atoms with Crippen LogP contribution in [0.1, 0.15) is 69.9 Å². The van der Waals surface area contributed by atoms with E-state index in [0.29, 0.717) is 103 Å². The van der Waals surface area contributed by atoms with Gasteiger partial charge in [0, 0.05) is 64.1 Å². The molecule has 0 radical (unpaired) electrons. The number of benzene rings is 2. The monoisotopic (exact) mass is 916 g/mol. The van der Waals surface area contributed by atoms with Crippen molar-refractivity contribution in [1.29, 1.82) is 0 Å². The second-order valence-electron chi connectivity index (χ2n) is 16.5. The summed E-state index contributed by atoms with van der Waals surface area (Å²) < 4.78 is 19.6. The highest BCUT2D eigenvalue weighted by Gasteiger charge is 2.47. The molecular formula is C46H56N14O7. The maximum Gasteiger partial charge on any atom is 0.276 e. The molecule has 67 heavy (non-hydrogen) atoms. The molecule has 2 fully saturated rings. The molecule has 8 rings (SSSR count). The number of allylic oxidation sites excluding steroid dienone is 2. The molecule has 21 nitrogen and oxygen atoms in total. The van der Waals surface area contributed by atoms with Gasteiger partial charge in [0.2, 0.25) is 17.8 Å². The summed E-state index contributed by atoms with van der Waals surface area (Å²) >= 11 is 0. The molecular weight excluding hydrogens is 861 g/mol. The lowest BCUT2D eigenvalue weighted by Gasteiger charge is -2.53. The third-order valence-electron chi connectivity index (χ3n) is 11.7. The van der Waals surface area contributed by atoms with E-state index in [1.54, 1.807) is 51.5 Å². The Morgan fingerprint density at radius 2 is 1.52 bits per heavy atom. The van der Waals surface area contributed by atoms with Crippen LogP contribution in [0, 0.1) is 13.8 Å². The van der Waals surface area contributed by atoms with Gasteiger partial charge >= 0.3 is 0 Å². The summed E-state index contributed by atoms with van der Waals surface area (Å²) in [5, 5.41) is 18.5. The number of rotatable bonds is 19. The number of para-hydroxylation sites is 1. The van der Waals surface area contributed by atoms with Crippen molar-refractivity contribution >= 4 is 63.8 Å². The fraction of sp³-hybridized carbons (Fsp3) is 0.413. The molecule has 4 amide bonds. The van der Waals surface area contributed by atoms with Crippen LogP contribution in [-0.4, -0.2) is 136 Å². The average molecular weight is 917 g/mol. The van der Waals surface area contributed by atoms with E-state index in [-0.39, 0.29) is 48.9 Å². The molecule has 2 aromatic carbocycles. The van der Waals surface area contributed by atoms with Crippen molar-refractivity contribution in [2.24, 2.45) is 10.9 Å². The van der Waals surface area contributed by atoms with Gasteiger partial charge in [0.15, 0.2) is 6.61 Å². The Morgan fingerprint density at radius 1 is 0.866 bits per heavy atom. The number of fused-ring (bicyclic) bond motifs is 2. The van der Waals surface area contributed by atoms with Crippen molar-refractivity contribution in [1.82, 2.24) is 48.5 Å². The number of primary amides is 1. The Bertz CT molecular complexity index is 2860. The highest BCUT2D eigenvalue weighted by molar-refractivity contribution is 6.04. The third kappa shape index (κ3) is 10.1. The number of hydrogen-bond donors (Lipinski definition) is 3. The Labute approximate surface area is 386 Å². The molecule has 0 saturated carbocycles. The van der Waals surface area contributed by atoms with E-state index < -0.39 is 11.5 Å². The van der Waals surface area contributed by atoms with E-state index in [0.717, 1.165) is 18.7 Å². The van der Waals surface area contributed by atoms with Crippen molar-refractivity contribution in [3.05, 3.63) is 89.0 Å². The van der Waals surface area contributed by atoms with E-state index in [9.17, 15) is 19.2 Å². The molecule has 6 heterocycles. The van der Waals surface area contributed by atoms with Gasteiger partial charge in [-0.05, 0) is 83.5 Å². The lowest BCUT2D eigenvalue weighted by Crippen LogP contribution is -2.70. The third-order valence-corrected chi connectivity index (χ3v) is 11.7. The highest BCUT2D eigenvalue weighted by atomic mass is 16.6. The quantitative estimate of drug-likeness (QED) is 0.0453. The van der Waals surface area contributed by atoms with Gasteiger partial charge in [0.1, 0.15) is 28.3 Å². The Balaban J connectivity index is 0.999. The number of anilines is 2. The van der Waals surface area contributed by atoms with Crippen molar-refractivity contribution < 1.29 is 33.5 Å². The molecule has 21 heteroatoms. The second kappa shape index (κ2) is 20.0. The normalized spacial score (nSPS) is 15.0. The fourth-order valence-electron chi connectivity index (χ4n) is 8.64. The second-order valence-corrected chi connectivity index (χ2v) is 16.5. The largest absolute Gasteiger partial charge is 0.491 e. The summed E-state index contributed by atoms with van der Waals surface area (Å²) in [6.45, 7) is 14.8. The van der Waals surface area contributed by atoms with Crippen LogP contribution in [-0.2, 0) is 40.5 Å². The van der Waals surface area contributed by atoms with Gasteiger partial charge in [0.25, 0.3) is 17.7 Å². The number of oxime groups is 1. The van der Waals surface area contributed by atoms with E-state index in [1.165, 1.54) is 6.21 Å². The van der Waals surface area contributed by atoms with Crippen molar-refractivity contribution in [2.75, 3.05) is 63.2 Å². The molecule has 2 aliphatic rings. The van der Waals surface area contributed by atoms with Crippen LogP contribution in [0.3, 0.4) is 0 Å². The Hall–Kier alpha value is -7.39. The number of likely N-dealkylation sites (tertiary alicyclic amines) is 1. The van der Waals surface area contributed by atoms with Gasteiger partial charge in [0.05, 0.1) is 47.7 Å². The molecule has 6 aromatic rings. The molecule has 0 atom stereocenters. The minimum Gasteiger partial charge on any atom is -0.491 e. The van der Waals surface area contributed by atoms with Crippen LogP contribution in [0.5, 0.6) is 5.75 Å². The Kier molecular flexibility index (Phi) is 13.8. The summed E-state index contributed by atoms with van der Waals surface area (Å²) in [6, 6.07) is 14.1. The zero-order valence-corrected chi connectivity index (χ0v) is 38.4. The highest BCUT2D eigenvalue weighted by Crippen LogP contribution is 2.32. The van der Waals surface area contributed by atoms with Gasteiger partial charge < -0.3 is 34.1 Å². The number of imidazole rings is 2. The number of hydrogen-bond acceptors (Lipinski definition) is 13. The van der Waals surface area contributed by atoms with Crippen LogP contribution in [0.25, 0.3) is 22.1 Å². The number of amides is 4. The van der Waals surface area contributed by atoms with Crippen molar-refractivity contribution in [3.63, 3.8) is 0 Å². The van der Waals surface area contributed by atoms with E-state index in [2.05, 4.69) is 30.9 Å². The number of morpholine rings is 1. The molecule has 4 N–H and O–H groups in total. The summed E-state index contributed by atoms with van der Waals surface area (Å²) in [4.78, 5) is 70.8. The van der Waals surface area contributed by atoms with Gasteiger partial charge in [-0.2, -0.15) is 10.2 Å². The van der Waals surface area contributed by atoms with E-state index in [1.807, 2.05) is 67.2 Å². The molecule has 352 valence electrons. The molecule has 2 aliphatic heterocycles. The number of nitrogens with one attached hydrogen (secondary N) is 2. The van der Waals surface area contributed by atoms with Gasteiger partial charge in [-0.3, -0.25) is 44.1 Å². The molecule has 0 unspecified atom stereocenters. The SMILES string of the molecule is C/C=N\OCC(=O)N1CCOC2(CN(CCCOc3cccc4nc(NC(=O)c5cc(C)nn5CC)n(C/C=C/Cn5c(NC(=O)c6cc(C)nn6CC)nc6cc(C(N)=O)ccc65)c34)C2)C1. The maximum absolute atomic E-state index is 13.8. The maximum atomic E-state index is 13.8. The lowest BCUT2D eigenvalue weighted by atomic mass is 9.91. The first-order valence-electron chi connectivity index (χ1n) is 22.4. The number of nitrogens with zero attached hydrogens (tertiary/aromatic N) is 11. The smallest absolute Gasteiger partial charge is 0.276 e. The number of aryl methyl sites for hydroxylation is 4. The van der Waals surface area contributed by atoms with Gasteiger partial charge in [-0.1, -0.05) is 23.4 Å². The molecule has 0 aliphatic carbocycles. The van der Waals surface area contributed by atoms with Crippen LogP contribution < -0.4 is 21.1 Å². The molecule has 0 bridgehead atoms. The number of aromatic nitrogens is 8. The predicted molar refractivity (Wildman–Crippen MR) is 250 cm³/mol. The fourth-order valence-corrected chi connectivity index (χ4v) is 8.64. The van der Waals surface area contributed by atoms with Gasteiger partial charge in [-0.25, -0.2) is 9.97 Å². The predicted octanol–water partition coefficient (Wildman–Crippen LogP) is 4.00. The minimum atomic E-state index is -0.593. The first kappa shape index (κ1) is 46.2. The summed E-state index contributed by atoms with van der Waals surface area (Å²) in [5.74, 6) is -0.244. The summed E-state index contributed by atoms with van der Waals surface area (Å²) in [6.07, 6.45) is 6.10. The number of ether oxygens (including phenoxy) is 2. The zero-order chi connectivity index (χ0) is 47.2.